The minimum Gasteiger partial charge on any atom is -0.481 e. The molecule has 0 saturated heterocycles. The van der Waals surface area contributed by atoms with E-state index in [2.05, 4.69) is 0 Å². The Morgan fingerprint density at radius 2 is 2.14 bits per heavy atom. The molecule has 1 saturated carbocycles. The largest absolute Gasteiger partial charge is 0.481 e. The average Bonchev–Trinajstić information content (AvgIpc) is 2.80. The van der Waals surface area contributed by atoms with E-state index in [0.29, 0.717) is 0 Å². The lowest BCUT2D eigenvalue weighted by atomic mass is 9.91. The highest BCUT2D eigenvalue weighted by molar-refractivity contribution is 5.77. The summed E-state index contributed by atoms with van der Waals surface area (Å²) in [4.78, 5) is 10.9. The van der Waals surface area contributed by atoms with Crippen molar-refractivity contribution in [3.63, 3.8) is 0 Å². The number of benzene rings is 1. The van der Waals surface area contributed by atoms with E-state index in [0.717, 1.165) is 6.42 Å². The van der Waals surface area contributed by atoms with Crippen LogP contribution in [-0.4, -0.2) is 11.1 Å². The van der Waals surface area contributed by atoms with Crippen LogP contribution in [-0.2, 0) is 10.2 Å². The third-order valence-corrected chi connectivity index (χ3v) is 3.30. The maximum atomic E-state index is 10.9. The SMILES string of the molecule is Cc1ccccc1C1(C)C[C@H]1C(=O)O. The summed E-state index contributed by atoms with van der Waals surface area (Å²) >= 11 is 0. The lowest BCUT2D eigenvalue weighted by Gasteiger charge is -2.13. The van der Waals surface area contributed by atoms with Gasteiger partial charge in [0.25, 0.3) is 0 Å². The molecule has 1 fully saturated rings. The van der Waals surface area contributed by atoms with Gasteiger partial charge in [-0.2, -0.15) is 0 Å². The number of hydrogen-bond acceptors (Lipinski definition) is 1. The van der Waals surface area contributed by atoms with Crippen LogP contribution in [0.15, 0.2) is 24.3 Å². The summed E-state index contributed by atoms with van der Waals surface area (Å²) in [5.41, 5.74) is 2.25. The second-order valence-corrected chi connectivity index (χ2v) is 4.33. The van der Waals surface area contributed by atoms with Crippen LogP contribution in [0.2, 0.25) is 0 Å². The van der Waals surface area contributed by atoms with Gasteiger partial charge in [0.15, 0.2) is 0 Å². The summed E-state index contributed by atoms with van der Waals surface area (Å²) in [7, 11) is 0. The first kappa shape index (κ1) is 9.25. The van der Waals surface area contributed by atoms with E-state index in [4.69, 9.17) is 5.11 Å². The van der Waals surface area contributed by atoms with E-state index in [1.807, 2.05) is 38.1 Å². The highest BCUT2D eigenvalue weighted by Crippen LogP contribution is 2.54. The highest BCUT2D eigenvalue weighted by Gasteiger charge is 2.56. The lowest BCUT2D eigenvalue weighted by molar-refractivity contribution is -0.138. The van der Waals surface area contributed by atoms with Gasteiger partial charge in [0.05, 0.1) is 5.92 Å². The molecule has 74 valence electrons. The molecule has 0 spiro atoms. The Kier molecular flexibility index (Phi) is 1.88. The first-order valence-electron chi connectivity index (χ1n) is 4.84. The van der Waals surface area contributed by atoms with Crippen LogP contribution in [0.3, 0.4) is 0 Å². The van der Waals surface area contributed by atoms with Crippen LogP contribution in [0.5, 0.6) is 0 Å². The molecule has 1 aromatic carbocycles. The molecule has 1 aromatic rings. The molecule has 0 aromatic heterocycles. The summed E-state index contributed by atoms with van der Waals surface area (Å²) in [6.07, 6.45) is 0.771. The van der Waals surface area contributed by atoms with E-state index < -0.39 is 5.97 Å². The fourth-order valence-electron chi connectivity index (χ4n) is 2.24. The summed E-state index contributed by atoms with van der Waals surface area (Å²) in [5.74, 6) is -0.862. The molecule has 0 heterocycles. The zero-order chi connectivity index (χ0) is 10.3. The highest BCUT2D eigenvalue weighted by atomic mass is 16.4. The van der Waals surface area contributed by atoms with Crippen molar-refractivity contribution in [3.05, 3.63) is 35.4 Å². The second-order valence-electron chi connectivity index (χ2n) is 4.33. The molecule has 0 bridgehead atoms. The van der Waals surface area contributed by atoms with Gasteiger partial charge < -0.3 is 5.11 Å². The number of hydrogen-bond donors (Lipinski definition) is 1. The first-order valence-corrected chi connectivity index (χ1v) is 4.84. The summed E-state index contributed by atoms with van der Waals surface area (Å²) < 4.78 is 0. The fourth-order valence-corrected chi connectivity index (χ4v) is 2.24. The summed E-state index contributed by atoms with van der Waals surface area (Å²) in [5, 5.41) is 8.94. The molecule has 2 heteroatoms. The van der Waals surface area contributed by atoms with Crippen LogP contribution in [0, 0.1) is 12.8 Å². The van der Waals surface area contributed by atoms with Gasteiger partial charge >= 0.3 is 5.97 Å². The van der Waals surface area contributed by atoms with Crippen molar-refractivity contribution < 1.29 is 9.90 Å². The van der Waals surface area contributed by atoms with Crippen LogP contribution >= 0.6 is 0 Å². The Morgan fingerprint density at radius 1 is 1.50 bits per heavy atom. The number of carbonyl (C=O) groups is 1. The second kappa shape index (κ2) is 2.84. The standard InChI is InChI=1S/C12H14O2/c1-8-5-3-4-6-9(8)12(2)7-10(12)11(13)14/h3-6,10H,7H2,1-2H3,(H,13,14)/t10-,12?/m0/s1. The van der Waals surface area contributed by atoms with E-state index in [1.54, 1.807) is 0 Å². The predicted molar refractivity (Wildman–Crippen MR) is 54.3 cm³/mol. The number of carboxylic acid groups (broad SMARTS) is 1. The van der Waals surface area contributed by atoms with Crippen molar-refractivity contribution in [2.75, 3.05) is 0 Å². The third-order valence-electron chi connectivity index (χ3n) is 3.30. The van der Waals surface area contributed by atoms with Crippen LogP contribution < -0.4 is 0 Å². The third kappa shape index (κ3) is 1.22. The Balaban J connectivity index is 2.34. The van der Waals surface area contributed by atoms with Crippen molar-refractivity contribution in [2.24, 2.45) is 5.92 Å². The molecule has 2 nitrogen and oxygen atoms in total. The molecular weight excluding hydrogens is 176 g/mol. The van der Waals surface area contributed by atoms with Crippen molar-refractivity contribution in [2.45, 2.75) is 25.7 Å². The minimum atomic E-state index is -0.671. The average molecular weight is 190 g/mol. The quantitative estimate of drug-likeness (QED) is 0.777. The number of aliphatic carboxylic acids is 1. The van der Waals surface area contributed by atoms with Crippen molar-refractivity contribution in [1.29, 1.82) is 0 Å². The van der Waals surface area contributed by atoms with Crippen LogP contribution in [0.4, 0.5) is 0 Å². The topological polar surface area (TPSA) is 37.3 Å². The molecular formula is C12H14O2. The molecule has 1 aliphatic carbocycles. The van der Waals surface area contributed by atoms with Gasteiger partial charge in [0.2, 0.25) is 0 Å². The van der Waals surface area contributed by atoms with Gasteiger partial charge in [-0.1, -0.05) is 31.2 Å². The van der Waals surface area contributed by atoms with Gasteiger partial charge in [-0.05, 0) is 24.5 Å². The predicted octanol–water partition coefficient (Wildman–Crippen LogP) is 2.36. The van der Waals surface area contributed by atoms with Crippen molar-refractivity contribution in [3.8, 4) is 0 Å². The molecule has 0 aliphatic heterocycles. The van der Waals surface area contributed by atoms with E-state index >= 15 is 0 Å². The van der Waals surface area contributed by atoms with E-state index in [-0.39, 0.29) is 11.3 Å². The summed E-state index contributed by atoms with van der Waals surface area (Å²) in [6.45, 7) is 4.08. The maximum absolute atomic E-state index is 10.9. The number of aryl methyl sites for hydroxylation is 1. The maximum Gasteiger partial charge on any atom is 0.307 e. The normalized spacial score (nSPS) is 30.0. The zero-order valence-corrected chi connectivity index (χ0v) is 8.45. The minimum absolute atomic E-state index is 0.128. The number of rotatable bonds is 2. The van der Waals surface area contributed by atoms with Crippen LogP contribution in [0.1, 0.15) is 24.5 Å². The van der Waals surface area contributed by atoms with Crippen molar-refractivity contribution >= 4 is 5.97 Å². The molecule has 1 N–H and O–H groups in total. The molecule has 2 atom stereocenters. The zero-order valence-electron chi connectivity index (χ0n) is 8.45. The Hall–Kier alpha value is -1.31. The van der Waals surface area contributed by atoms with Gasteiger partial charge in [-0.15, -0.1) is 0 Å². The lowest BCUT2D eigenvalue weighted by Crippen LogP contribution is -2.12. The van der Waals surface area contributed by atoms with Gasteiger partial charge in [-0.3, -0.25) is 4.79 Å². The molecule has 1 unspecified atom stereocenters. The molecule has 0 radical (unpaired) electrons. The van der Waals surface area contributed by atoms with Crippen LogP contribution in [0.25, 0.3) is 0 Å². The molecule has 2 rings (SSSR count). The summed E-state index contributed by atoms with van der Waals surface area (Å²) in [6, 6.07) is 8.04. The Bertz CT molecular complexity index is 384. The van der Waals surface area contributed by atoms with E-state index in [1.165, 1.54) is 11.1 Å². The number of carboxylic acids is 1. The molecule has 14 heavy (non-hydrogen) atoms. The van der Waals surface area contributed by atoms with E-state index in [9.17, 15) is 4.79 Å². The monoisotopic (exact) mass is 190 g/mol. The Labute approximate surface area is 83.6 Å². The molecule has 1 aliphatic rings. The van der Waals surface area contributed by atoms with Gasteiger partial charge in [-0.25, -0.2) is 0 Å². The van der Waals surface area contributed by atoms with Gasteiger partial charge in [0.1, 0.15) is 0 Å². The smallest absolute Gasteiger partial charge is 0.307 e. The fraction of sp³-hybridized carbons (Fsp3) is 0.417. The molecule has 0 amide bonds. The Morgan fingerprint density at radius 3 is 2.64 bits per heavy atom. The van der Waals surface area contributed by atoms with Crippen molar-refractivity contribution in [1.82, 2.24) is 0 Å². The first-order chi connectivity index (χ1) is 6.55. The van der Waals surface area contributed by atoms with Gasteiger partial charge in [0, 0.05) is 5.41 Å².